The molecule has 0 saturated heterocycles. The van der Waals surface area contributed by atoms with Crippen LogP contribution in [0.1, 0.15) is 16.8 Å². The molecule has 0 amide bonds. The van der Waals surface area contributed by atoms with Crippen molar-refractivity contribution in [3.63, 3.8) is 0 Å². The Morgan fingerprint density at radius 1 is 1.00 bits per heavy atom. The smallest absolute Gasteiger partial charge is 0.140 e. The average Bonchev–Trinajstić information content (AvgIpc) is 3.09. The van der Waals surface area contributed by atoms with E-state index in [1.807, 2.05) is 24.4 Å². The lowest BCUT2D eigenvalue weighted by Crippen LogP contribution is -2.03. The normalized spacial score (nSPS) is 11.0. The highest BCUT2D eigenvalue weighted by molar-refractivity contribution is 5.96. The van der Waals surface area contributed by atoms with Crippen LogP contribution in [0, 0.1) is 13.8 Å². The summed E-state index contributed by atoms with van der Waals surface area (Å²) in [6.07, 6.45) is 3.75. The van der Waals surface area contributed by atoms with Crippen molar-refractivity contribution in [2.45, 2.75) is 20.4 Å². The molecule has 0 atom stereocenters. The number of nitrogens with zero attached hydrogens (tertiary/aromatic N) is 2. The minimum absolute atomic E-state index is 0.645. The van der Waals surface area contributed by atoms with E-state index < -0.39 is 0 Å². The molecule has 1 aromatic carbocycles. The molecule has 0 aliphatic carbocycles. The summed E-state index contributed by atoms with van der Waals surface area (Å²) < 4.78 is 0. The molecule has 3 aromatic heterocycles. The minimum Gasteiger partial charge on any atom is -0.364 e. The van der Waals surface area contributed by atoms with Gasteiger partial charge in [-0.15, -0.1) is 0 Å². The molecule has 0 radical (unpaired) electrons. The van der Waals surface area contributed by atoms with E-state index in [0.717, 1.165) is 22.5 Å². The summed E-state index contributed by atoms with van der Waals surface area (Å²) in [5, 5.41) is 4.54. The van der Waals surface area contributed by atoms with Crippen LogP contribution < -0.4 is 5.32 Å². The van der Waals surface area contributed by atoms with Crippen LogP contribution in [0.4, 0.5) is 5.82 Å². The van der Waals surface area contributed by atoms with E-state index >= 15 is 0 Å². The Bertz CT molecular complexity index is 998. The van der Waals surface area contributed by atoms with Crippen LogP contribution in [-0.4, -0.2) is 15.0 Å². The number of aromatic amines is 1. The second kappa shape index (κ2) is 6.40. The summed E-state index contributed by atoms with van der Waals surface area (Å²) >= 11 is 0. The highest BCUT2D eigenvalue weighted by atomic mass is 15.0. The molecule has 0 aliphatic heterocycles. The molecule has 4 rings (SSSR count). The van der Waals surface area contributed by atoms with Crippen LogP contribution in [0.15, 0.2) is 60.9 Å². The highest BCUT2D eigenvalue weighted by Crippen LogP contribution is 2.34. The van der Waals surface area contributed by atoms with Crippen LogP contribution in [-0.2, 0) is 6.54 Å². The molecule has 2 N–H and O–H groups in total. The number of aryl methyl sites for hydroxylation is 2. The summed E-state index contributed by atoms with van der Waals surface area (Å²) in [5.41, 5.74) is 6.89. The first-order chi connectivity index (χ1) is 12.2. The van der Waals surface area contributed by atoms with Crippen LogP contribution in [0.25, 0.3) is 22.2 Å². The first-order valence-electron chi connectivity index (χ1n) is 8.41. The summed E-state index contributed by atoms with van der Waals surface area (Å²) in [7, 11) is 0. The van der Waals surface area contributed by atoms with E-state index in [4.69, 9.17) is 4.98 Å². The fourth-order valence-corrected chi connectivity index (χ4v) is 3.26. The van der Waals surface area contributed by atoms with Gasteiger partial charge in [-0.05, 0) is 60.4 Å². The Labute approximate surface area is 147 Å². The lowest BCUT2D eigenvalue weighted by atomic mass is 9.94. The fourth-order valence-electron chi connectivity index (χ4n) is 3.26. The van der Waals surface area contributed by atoms with Crippen molar-refractivity contribution in [1.29, 1.82) is 0 Å². The monoisotopic (exact) mass is 328 g/mol. The Morgan fingerprint density at radius 3 is 2.60 bits per heavy atom. The van der Waals surface area contributed by atoms with Gasteiger partial charge in [-0.3, -0.25) is 4.98 Å². The zero-order valence-corrected chi connectivity index (χ0v) is 14.4. The Kier molecular flexibility index (Phi) is 3.94. The molecule has 0 spiro atoms. The SMILES string of the molecule is Cc1cccc(C)c1-c1cc(NCc2ccccn2)nc2[nH]ccc12. The van der Waals surface area contributed by atoms with Gasteiger partial charge in [-0.2, -0.15) is 0 Å². The highest BCUT2D eigenvalue weighted by Gasteiger charge is 2.12. The topological polar surface area (TPSA) is 53.6 Å². The number of hydrogen-bond acceptors (Lipinski definition) is 3. The van der Waals surface area contributed by atoms with Crippen molar-refractivity contribution in [2.24, 2.45) is 0 Å². The van der Waals surface area contributed by atoms with Crippen molar-refractivity contribution < 1.29 is 0 Å². The number of rotatable bonds is 4. The summed E-state index contributed by atoms with van der Waals surface area (Å²) in [5.74, 6) is 0.846. The van der Waals surface area contributed by atoms with E-state index in [2.05, 4.69) is 59.5 Å². The first kappa shape index (κ1) is 15.4. The Hall–Kier alpha value is -3.14. The van der Waals surface area contributed by atoms with E-state index in [0.29, 0.717) is 6.54 Å². The third kappa shape index (κ3) is 2.98. The van der Waals surface area contributed by atoms with Crippen molar-refractivity contribution in [3.8, 4) is 11.1 Å². The molecule has 4 heteroatoms. The molecule has 0 fully saturated rings. The van der Waals surface area contributed by atoms with E-state index in [-0.39, 0.29) is 0 Å². The fraction of sp³-hybridized carbons (Fsp3) is 0.143. The van der Waals surface area contributed by atoms with E-state index in [9.17, 15) is 0 Å². The number of anilines is 1. The van der Waals surface area contributed by atoms with E-state index in [1.54, 1.807) is 6.20 Å². The molecule has 0 aliphatic rings. The minimum atomic E-state index is 0.645. The molecule has 25 heavy (non-hydrogen) atoms. The van der Waals surface area contributed by atoms with Crippen molar-refractivity contribution in [1.82, 2.24) is 15.0 Å². The van der Waals surface area contributed by atoms with Crippen LogP contribution >= 0.6 is 0 Å². The predicted molar refractivity (Wildman–Crippen MR) is 103 cm³/mol. The Morgan fingerprint density at radius 2 is 1.84 bits per heavy atom. The third-order valence-electron chi connectivity index (χ3n) is 4.46. The van der Waals surface area contributed by atoms with Gasteiger partial charge < -0.3 is 10.3 Å². The van der Waals surface area contributed by atoms with Gasteiger partial charge in [0, 0.05) is 17.8 Å². The molecule has 124 valence electrons. The van der Waals surface area contributed by atoms with Gasteiger partial charge >= 0.3 is 0 Å². The number of H-pyrrole nitrogens is 1. The number of aromatic nitrogens is 3. The van der Waals surface area contributed by atoms with Crippen LogP contribution in [0.3, 0.4) is 0 Å². The van der Waals surface area contributed by atoms with Gasteiger partial charge in [0.25, 0.3) is 0 Å². The standard InChI is InChI=1S/C21H20N4/c1-14-6-5-7-15(2)20(14)18-12-19(25-21-17(18)9-11-23-21)24-13-16-8-3-4-10-22-16/h3-12H,13H2,1-2H3,(H2,23,24,25). The lowest BCUT2D eigenvalue weighted by molar-refractivity contribution is 1.03. The van der Waals surface area contributed by atoms with Gasteiger partial charge in [-0.25, -0.2) is 4.98 Å². The van der Waals surface area contributed by atoms with Crippen molar-refractivity contribution in [2.75, 3.05) is 5.32 Å². The van der Waals surface area contributed by atoms with Crippen molar-refractivity contribution in [3.05, 3.63) is 77.7 Å². The maximum atomic E-state index is 4.70. The summed E-state index contributed by atoms with van der Waals surface area (Å²) in [6, 6.07) is 16.6. The molecule has 3 heterocycles. The number of benzene rings is 1. The van der Waals surface area contributed by atoms with Gasteiger partial charge in [0.15, 0.2) is 0 Å². The van der Waals surface area contributed by atoms with E-state index in [1.165, 1.54) is 22.3 Å². The predicted octanol–water partition coefficient (Wildman–Crippen LogP) is 4.85. The quantitative estimate of drug-likeness (QED) is 0.563. The number of pyridine rings is 2. The molecule has 4 aromatic rings. The second-order valence-corrected chi connectivity index (χ2v) is 6.24. The number of nitrogens with one attached hydrogen (secondary N) is 2. The van der Waals surface area contributed by atoms with Gasteiger partial charge in [-0.1, -0.05) is 24.3 Å². The number of fused-ring (bicyclic) bond motifs is 1. The summed E-state index contributed by atoms with van der Waals surface area (Å²) in [4.78, 5) is 12.3. The van der Waals surface area contributed by atoms with Crippen LogP contribution in [0.5, 0.6) is 0 Å². The number of hydrogen-bond donors (Lipinski definition) is 2. The van der Waals surface area contributed by atoms with Gasteiger partial charge in [0.05, 0.1) is 12.2 Å². The molecular weight excluding hydrogens is 308 g/mol. The largest absolute Gasteiger partial charge is 0.364 e. The molecular formula is C21H20N4. The van der Waals surface area contributed by atoms with Gasteiger partial charge in [0.2, 0.25) is 0 Å². The zero-order chi connectivity index (χ0) is 17.2. The summed E-state index contributed by atoms with van der Waals surface area (Å²) in [6.45, 7) is 4.96. The first-order valence-corrected chi connectivity index (χ1v) is 8.41. The zero-order valence-electron chi connectivity index (χ0n) is 14.4. The average molecular weight is 328 g/mol. The molecule has 0 bridgehead atoms. The lowest BCUT2D eigenvalue weighted by Gasteiger charge is -2.13. The molecule has 0 unspecified atom stereocenters. The van der Waals surface area contributed by atoms with Gasteiger partial charge in [0.1, 0.15) is 11.5 Å². The molecule has 0 saturated carbocycles. The third-order valence-corrected chi connectivity index (χ3v) is 4.46. The Balaban J connectivity index is 1.78. The van der Waals surface area contributed by atoms with Crippen LogP contribution in [0.2, 0.25) is 0 Å². The maximum absolute atomic E-state index is 4.70. The second-order valence-electron chi connectivity index (χ2n) is 6.24. The molecule has 4 nitrogen and oxygen atoms in total. The maximum Gasteiger partial charge on any atom is 0.140 e. The van der Waals surface area contributed by atoms with Crippen molar-refractivity contribution >= 4 is 16.9 Å².